The maximum atomic E-state index is 5.69. The van der Waals surface area contributed by atoms with Crippen LogP contribution in [-0.2, 0) is 0 Å². The quantitative estimate of drug-likeness (QED) is 0.835. The summed E-state index contributed by atoms with van der Waals surface area (Å²) in [4.78, 5) is 10.9. The molecule has 4 heteroatoms. The highest BCUT2D eigenvalue weighted by Crippen LogP contribution is 2.26. The zero-order valence-electron chi connectivity index (χ0n) is 9.89. The molecule has 1 saturated carbocycles. The Kier molecular flexibility index (Phi) is 3.72. The smallest absolute Gasteiger partial charge is 0.132 e. The monoisotopic (exact) mass is 220 g/mol. The van der Waals surface area contributed by atoms with Gasteiger partial charge in [0, 0.05) is 30.9 Å². The van der Waals surface area contributed by atoms with Crippen LogP contribution < -0.4 is 10.6 Å². The van der Waals surface area contributed by atoms with E-state index in [1.165, 1.54) is 25.7 Å². The molecule has 1 heterocycles. The molecule has 1 aliphatic carbocycles. The molecule has 0 saturated heterocycles. The fourth-order valence-electron chi connectivity index (χ4n) is 2.44. The Bertz CT molecular complexity index is 334. The van der Waals surface area contributed by atoms with Crippen LogP contribution in [0.1, 0.15) is 31.4 Å². The Balaban J connectivity index is 2.17. The number of rotatable bonds is 4. The van der Waals surface area contributed by atoms with E-state index in [1.807, 2.05) is 13.0 Å². The van der Waals surface area contributed by atoms with E-state index in [2.05, 4.69) is 14.9 Å². The van der Waals surface area contributed by atoms with Gasteiger partial charge in [-0.15, -0.1) is 0 Å². The lowest BCUT2D eigenvalue weighted by Gasteiger charge is -2.29. The van der Waals surface area contributed by atoms with Gasteiger partial charge in [-0.2, -0.15) is 0 Å². The summed E-state index contributed by atoms with van der Waals surface area (Å²) in [7, 11) is 0. The van der Waals surface area contributed by atoms with E-state index in [-0.39, 0.29) is 0 Å². The van der Waals surface area contributed by atoms with Crippen LogP contribution >= 0.6 is 0 Å². The van der Waals surface area contributed by atoms with Crippen molar-refractivity contribution in [2.45, 2.75) is 38.6 Å². The SMILES string of the molecule is Cc1cc(N(CCN)C2CCCC2)ncn1. The molecule has 88 valence electrons. The highest BCUT2D eigenvalue weighted by molar-refractivity contribution is 5.40. The molecule has 1 aromatic rings. The third-order valence-electron chi connectivity index (χ3n) is 3.22. The molecule has 2 N–H and O–H groups in total. The van der Waals surface area contributed by atoms with Gasteiger partial charge in [0.25, 0.3) is 0 Å². The Morgan fingerprint density at radius 3 is 2.75 bits per heavy atom. The molecule has 16 heavy (non-hydrogen) atoms. The molecule has 0 spiro atoms. The lowest BCUT2D eigenvalue weighted by atomic mass is 10.2. The minimum atomic E-state index is 0.623. The van der Waals surface area contributed by atoms with Gasteiger partial charge in [-0.1, -0.05) is 12.8 Å². The van der Waals surface area contributed by atoms with Crippen LogP contribution in [0.15, 0.2) is 12.4 Å². The van der Waals surface area contributed by atoms with Crippen LogP contribution in [0.2, 0.25) is 0 Å². The molecule has 0 unspecified atom stereocenters. The Morgan fingerprint density at radius 2 is 2.12 bits per heavy atom. The van der Waals surface area contributed by atoms with E-state index in [1.54, 1.807) is 6.33 Å². The van der Waals surface area contributed by atoms with Crippen LogP contribution in [0.3, 0.4) is 0 Å². The van der Waals surface area contributed by atoms with Gasteiger partial charge in [0.1, 0.15) is 12.1 Å². The largest absolute Gasteiger partial charge is 0.352 e. The number of hydrogen-bond acceptors (Lipinski definition) is 4. The normalized spacial score (nSPS) is 16.6. The van der Waals surface area contributed by atoms with Gasteiger partial charge in [-0.05, 0) is 19.8 Å². The van der Waals surface area contributed by atoms with Gasteiger partial charge in [0.15, 0.2) is 0 Å². The standard InChI is InChI=1S/C12H20N4/c1-10-8-12(15-9-14-10)16(7-6-13)11-4-2-3-5-11/h8-9,11H,2-7,13H2,1H3. The van der Waals surface area contributed by atoms with E-state index < -0.39 is 0 Å². The van der Waals surface area contributed by atoms with Gasteiger partial charge in [-0.25, -0.2) is 9.97 Å². The van der Waals surface area contributed by atoms with Crippen LogP contribution in [0.4, 0.5) is 5.82 Å². The fourth-order valence-corrected chi connectivity index (χ4v) is 2.44. The molecule has 1 aliphatic rings. The van der Waals surface area contributed by atoms with Crippen molar-refractivity contribution < 1.29 is 0 Å². The molecule has 0 aromatic carbocycles. The molecule has 4 nitrogen and oxygen atoms in total. The third-order valence-corrected chi connectivity index (χ3v) is 3.22. The van der Waals surface area contributed by atoms with Crippen LogP contribution in [0.25, 0.3) is 0 Å². The van der Waals surface area contributed by atoms with Crippen molar-refractivity contribution >= 4 is 5.82 Å². The molecule has 1 fully saturated rings. The Labute approximate surface area is 96.9 Å². The van der Waals surface area contributed by atoms with Crippen molar-refractivity contribution in [3.8, 4) is 0 Å². The lowest BCUT2D eigenvalue weighted by Crippen LogP contribution is -2.38. The zero-order chi connectivity index (χ0) is 11.4. The molecule has 0 atom stereocenters. The van der Waals surface area contributed by atoms with E-state index >= 15 is 0 Å². The van der Waals surface area contributed by atoms with Crippen LogP contribution in [0, 0.1) is 6.92 Å². The first kappa shape index (κ1) is 11.3. The zero-order valence-corrected chi connectivity index (χ0v) is 9.89. The van der Waals surface area contributed by atoms with Crippen molar-refractivity contribution in [2.24, 2.45) is 5.73 Å². The molecule has 0 amide bonds. The van der Waals surface area contributed by atoms with Crippen molar-refractivity contribution in [1.29, 1.82) is 0 Å². The maximum absolute atomic E-state index is 5.69. The lowest BCUT2D eigenvalue weighted by molar-refractivity contribution is 0.601. The molecule has 1 aromatic heterocycles. The first-order valence-electron chi connectivity index (χ1n) is 6.06. The summed E-state index contributed by atoms with van der Waals surface area (Å²) in [5, 5.41) is 0. The first-order valence-corrected chi connectivity index (χ1v) is 6.06. The number of anilines is 1. The average molecular weight is 220 g/mol. The maximum Gasteiger partial charge on any atom is 0.132 e. The van der Waals surface area contributed by atoms with E-state index in [0.29, 0.717) is 12.6 Å². The molecular formula is C12H20N4. The number of hydrogen-bond donors (Lipinski definition) is 1. The van der Waals surface area contributed by atoms with Crippen molar-refractivity contribution in [3.05, 3.63) is 18.1 Å². The summed E-state index contributed by atoms with van der Waals surface area (Å²) in [5.74, 6) is 1.03. The van der Waals surface area contributed by atoms with Gasteiger partial charge in [0.05, 0.1) is 0 Å². The molecule has 0 bridgehead atoms. The van der Waals surface area contributed by atoms with Crippen molar-refractivity contribution in [3.63, 3.8) is 0 Å². The first-order chi connectivity index (χ1) is 7.81. The minimum absolute atomic E-state index is 0.623. The Morgan fingerprint density at radius 1 is 1.38 bits per heavy atom. The summed E-state index contributed by atoms with van der Waals surface area (Å²) in [6.45, 7) is 3.57. The topological polar surface area (TPSA) is 55.0 Å². The highest BCUT2D eigenvalue weighted by Gasteiger charge is 2.23. The predicted molar refractivity (Wildman–Crippen MR) is 65.4 cm³/mol. The molecular weight excluding hydrogens is 200 g/mol. The van der Waals surface area contributed by atoms with Crippen LogP contribution in [-0.4, -0.2) is 29.1 Å². The van der Waals surface area contributed by atoms with E-state index in [9.17, 15) is 0 Å². The molecule has 0 radical (unpaired) electrons. The summed E-state index contributed by atoms with van der Waals surface area (Å²) in [6.07, 6.45) is 6.83. The molecule has 2 rings (SSSR count). The second-order valence-electron chi connectivity index (χ2n) is 4.44. The second-order valence-corrected chi connectivity index (χ2v) is 4.44. The summed E-state index contributed by atoms with van der Waals surface area (Å²) >= 11 is 0. The van der Waals surface area contributed by atoms with Gasteiger partial charge in [0.2, 0.25) is 0 Å². The third kappa shape index (κ3) is 2.50. The van der Waals surface area contributed by atoms with Gasteiger partial charge < -0.3 is 10.6 Å². The number of aromatic nitrogens is 2. The average Bonchev–Trinajstić information content (AvgIpc) is 2.79. The molecule has 0 aliphatic heterocycles. The minimum Gasteiger partial charge on any atom is -0.352 e. The van der Waals surface area contributed by atoms with Crippen molar-refractivity contribution in [2.75, 3.05) is 18.0 Å². The van der Waals surface area contributed by atoms with Crippen molar-refractivity contribution in [1.82, 2.24) is 9.97 Å². The fraction of sp³-hybridized carbons (Fsp3) is 0.667. The second kappa shape index (κ2) is 5.25. The number of nitrogens with two attached hydrogens (primary N) is 1. The van der Waals surface area contributed by atoms with Crippen LogP contribution in [0.5, 0.6) is 0 Å². The van der Waals surface area contributed by atoms with Gasteiger partial charge >= 0.3 is 0 Å². The Hall–Kier alpha value is -1.16. The summed E-state index contributed by atoms with van der Waals surface area (Å²) < 4.78 is 0. The van der Waals surface area contributed by atoms with Gasteiger partial charge in [-0.3, -0.25) is 0 Å². The highest BCUT2D eigenvalue weighted by atomic mass is 15.2. The number of aryl methyl sites for hydroxylation is 1. The number of nitrogens with zero attached hydrogens (tertiary/aromatic N) is 3. The predicted octanol–water partition coefficient (Wildman–Crippen LogP) is 1.49. The van der Waals surface area contributed by atoms with E-state index in [4.69, 9.17) is 5.73 Å². The summed E-state index contributed by atoms with van der Waals surface area (Å²) in [6, 6.07) is 2.67. The summed E-state index contributed by atoms with van der Waals surface area (Å²) in [5.41, 5.74) is 6.71. The van der Waals surface area contributed by atoms with E-state index in [0.717, 1.165) is 18.1 Å².